The highest BCUT2D eigenvalue weighted by atomic mass is 16.5. The number of nitrogens with zero attached hydrogens (tertiary/aromatic N) is 1. The Kier molecular flexibility index (Phi) is 6.43. The van der Waals surface area contributed by atoms with Gasteiger partial charge < -0.3 is 25.7 Å². The predicted octanol–water partition coefficient (Wildman–Crippen LogP) is 0.305. The molecule has 0 aromatic heterocycles. The van der Waals surface area contributed by atoms with Crippen molar-refractivity contribution < 1.29 is 19.7 Å². The Morgan fingerprint density at radius 1 is 1.50 bits per heavy atom. The molecule has 1 aromatic carbocycles. The van der Waals surface area contributed by atoms with E-state index in [2.05, 4.69) is 6.58 Å². The summed E-state index contributed by atoms with van der Waals surface area (Å²) in [6, 6.07) is 6.54. The number of carbonyl (C=O) groups is 1. The molecular formula is C15H21N3O4. The standard InChI is InChI=1S/C15H21N3O4/c1-10(2)15(21)22-9-11(19)7-18(17)8-13(16)12-5-3-4-6-14(12)20/h3-6,8,11,19-20H,1,7,9,16-17H2,2H3/b13-8-. The number of nitrogens with two attached hydrogens (primary N) is 2. The highest BCUT2D eigenvalue weighted by Gasteiger charge is 2.12. The van der Waals surface area contributed by atoms with Crippen molar-refractivity contribution in [3.8, 4) is 5.75 Å². The molecule has 0 radical (unpaired) electrons. The van der Waals surface area contributed by atoms with Gasteiger partial charge in [-0.25, -0.2) is 10.6 Å². The summed E-state index contributed by atoms with van der Waals surface area (Å²) < 4.78 is 4.81. The number of aliphatic hydroxyl groups is 1. The Hall–Kier alpha value is -2.51. The monoisotopic (exact) mass is 307 g/mol. The number of ether oxygens (including phenoxy) is 1. The molecule has 0 heterocycles. The Balaban J connectivity index is 2.56. The molecule has 7 nitrogen and oxygen atoms in total. The first-order valence-electron chi connectivity index (χ1n) is 6.59. The van der Waals surface area contributed by atoms with Crippen molar-refractivity contribution in [2.24, 2.45) is 11.6 Å². The molecule has 1 unspecified atom stereocenters. The number of rotatable bonds is 7. The van der Waals surface area contributed by atoms with E-state index in [-0.39, 0.29) is 30.2 Å². The minimum Gasteiger partial charge on any atom is -0.507 e. The third-order valence-electron chi connectivity index (χ3n) is 2.70. The van der Waals surface area contributed by atoms with Crippen molar-refractivity contribution in [1.82, 2.24) is 5.01 Å². The number of hydrogen-bond acceptors (Lipinski definition) is 7. The zero-order chi connectivity index (χ0) is 16.7. The number of para-hydroxylation sites is 1. The highest BCUT2D eigenvalue weighted by Crippen LogP contribution is 2.20. The number of phenols is 1. The summed E-state index contributed by atoms with van der Waals surface area (Å²) >= 11 is 0. The van der Waals surface area contributed by atoms with Gasteiger partial charge in [-0.05, 0) is 19.1 Å². The quantitative estimate of drug-likeness (QED) is 0.247. The Morgan fingerprint density at radius 3 is 2.73 bits per heavy atom. The fourth-order valence-electron chi connectivity index (χ4n) is 1.61. The highest BCUT2D eigenvalue weighted by molar-refractivity contribution is 5.86. The van der Waals surface area contributed by atoms with Gasteiger partial charge in [-0.3, -0.25) is 0 Å². The number of benzene rings is 1. The molecular weight excluding hydrogens is 286 g/mol. The van der Waals surface area contributed by atoms with E-state index in [4.69, 9.17) is 16.3 Å². The third-order valence-corrected chi connectivity index (χ3v) is 2.70. The van der Waals surface area contributed by atoms with Crippen LogP contribution in [-0.4, -0.2) is 40.4 Å². The summed E-state index contributed by atoms with van der Waals surface area (Å²) in [5.41, 5.74) is 6.76. The Labute approximate surface area is 129 Å². The largest absolute Gasteiger partial charge is 0.507 e. The average molecular weight is 307 g/mol. The molecule has 0 saturated heterocycles. The normalized spacial score (nSPS) is 12.6. The molecule has 0 aliphatic rings. The van der Waals surface area contributed by atoms with Crippen LogP contribution in [0.1, 0.15) is 12.5 Å². The van der Waals surface area contributed by atoms with Crippen molar-refractivity contribution in [1.29, 1.82) is 0 Å². The summed E-state index contributed by atoms with van der Waals surface area (Å²) in [7, 11) is 0. The molecule has 6 N–H and O–H groups in total. The minimum absolute atomic E-state index is 0.00222. The smallest absolute Gasteiger partial charge is 0.333 e. The second-order valence-corrected chi connectivity index (χ2v) is 4.83. The molecule has 7 heteroatoms. The number of esters is 1. The average Bonchev–Trinajstić information content (AvgIpc) is 2.44. The molecule has 1 aromatic rings. The van der Waals surface area contributed by atoms with Gasteiger partial charge in [0, 0.05) is 17.3 Å². The van der Waals surface area contributed by atoms with Crippen LogP contribution in [0.4, 0.5) is 0 Å². The second kappa shape index (κ2) is 8.06. The lowest BCUT2D eigenvalue weighted by molar-refractivity contribution is -0.142. The van der Waals surface area contributed by atoms with E-state index in [1.54, 1.807) is 18.2 Å². The first-order valence-corrected chi connectivity index (χ1v) is 6.59. The van der Waals surface area contributed by atoms with Gasteiger partial charge in [0.05, 0.1) is 12.2 Å². The van der Waals surface area contributed by atoms with Crippen LogP contribution < -0.4 is 11.6 Å². The molecule has 120 valence electrons. The van der Waals surface area contributed by atoms with Gasteiger partial charge in [0.2, 0.25) is 0 Å². The van der Waals surface area contributed by atoms with Crippen LogP contribution in [0.3, 0.4) is 0 Å². The Bertz CT molecular complexity index is 572. The topological polar surface area (TPSA) is 122 Å². The van der Waals surface area contributed by atoms with E-state index in [0.717, 1.165) is 5.01 Å². The van der Waals surface area contributed by atoms with Gasteiger partial charge in [-0.1, -0.05) is 18.7 Å². The van der Waals surface area contributed by atoms with Crippen LogP contribution in [0.5, 0.6) is 5.75 Å². The number of hydrazine groups is 1. The van der Waals surface area contributed by atoms with E-state index in [0.29, 0.717) is 5.56 Å². The summed E-state index contributed by atoms with van der Waals surface area (Å²) in [6.45, 7) is 4.74. The van der Waals surface area contributed by atoms with Crippen LogP contribution in [0.2, 0.25) is 0 Å². The van der Waals surface area contributed by atoms with E-state index >= 15 is 0 Å². The molecule has 1 atom stereocenters. The lowest BCUT2D eigenvalue weighted by Crippen LogP contribution is -2.37. The fraction of sp³-hybridized carbons (Fsp3) is 0.267. The molecule has 0 amide bonds. The maximum absolute atomic E-state index is 11.2. The van der Waals surface area contributed by atoms with Crippen molar-refractivity contribution in [2.45, 2.75) is 13.0 Å². The summed E-state index contributed by atoms with van der Waals surface area (Å²) in [6.07, 6.45) is 0.389. The summed E-state index contributed by atoms with van der Waals surface area (Å²) in [4.78, 5) is 11.2. The van der Waals surface area contributed by atoms with Crippen molar-refractivity contribution >= 4 is 11.7 Å². The van der Waals surface area contributed by atoms with Crippen LogP contribution in [0, 0.1) is 0 Å². The van der Waals surface area contributed by atoms with Crippen LogP contribution >= 0.6 is 0 Å². The number of aliphatic hydroxyl groups excluding tert-OH is 1. The molecule has 0 aliphatic carbocycles. The minimum atomic E-state index is -0.985. The van der Waals surface area contributed by atoms with Crippen molar-refractivity contribution in [2.75, 3.05) is 13.2 Å². The van der Waals surface area contributed by atoms with Gasteiger partial charge in [0.15, 0.2) is 0 Å². The first kappa shape index (κ1) is 17.5. The zero-order valence-electron chi connectivity index (χ0n) is 12.4. The van der Waals surface area contributed by atoms with Gasteiger partial charge >= 0.3 is 5.97 Å². The lowest BCUT2D eigenvalue weighted by Gasteiger charge is -2.19. The fourth-order valence-corrected chi connectivity index (χ4v) is 1.61. The van der Waals surface area contributed by atoms with Crippen molar-refractivity contribution in [3.63, 3.8) is 0 Å². The molecule has 1 rings (SSSR count). The maximum Gasteiger partial charge on any atom is 0.333 e. The molecule has 22 heavy (non-hydrogen) atoms. The SMILES string of the molecule is C=C(C)C(=O)OCC(O)CN(N)/C=C(\N)c1ccccc1O. The van der Waals surface area contributed by atoms with E-state index in [1.807, 2.05) is 0 Å². The summed E-state index contributed by atoms with van der Waals surface area (Å²) in [5.74, 6) is 5.16. The van der Waals surface area contributed by atoms with E-state index in [1.165, 1.54) is 19.2 Å². The second-order valence-electron chi connectivity index (χ2n) is 4.83. The summed E-state index contributed by atoms with van der Waals surface area (Å²) in [5, 5.41) is 20.6. The maximum atomic E-state index is 11.2. The van der Waals surface area contributed by atoms with E-state index in [9.17, 15) is 15.0 Å². The first-order chi connectivity index (χ1) is 10.3. The zero-order valence-corrected chi connectivity index (χ0v) is 12.4. The third kappa shape index (κ3) is 5.47. The van der Waals surface area contributed by atoms with Crippen LogP contribution in [0.25, 0.3) is 5.70 Å². The number of aromatic hydroxyl groups is 1. The molecule has 0 spiro atoms. The number of phenolic OH excluding ortho intramolecular Hbond substituents is 1. The number of carbonyl (C=O) groups excluding carboxylic acids is 1. The van der Waals surface area contributed by atoms with Gasteiger partial charge in [-0.15, -0.1) is 0 Å². The van der Waals surface area contributed by atoms with Gasteiger partial charge in [-0.2, -0.15) is 0 Å². The lowest BCUT2D eigenvalue weighted by atomic mass is 10.1. The predicted molar refractivity (Wildman–Crippen MR) is 82.9 cm³/mol. The number of hydrogen-bond donors (Lipinski definition) is 4. The molecule has 0 saturated carbocycles. The van der Waals surface area contributed by atoms with Crippen molar-refractivity contribution in [3.05, 3.63) is 48.2 Å². The van der Waals surface area contributed by atoms with Gasteiger partial charge in [0.1, 0.15) is 18.5 Å². The van der Waals surface area contributed by atoms with Gasteiger partial charge in [0.25, 0.3) is 0 Å². The molecule has 0 fully saturated rings. The molecule has 0 aliphatic heterocycles. The van der Waals surface area contributed by atoms with Crippen LogP contribution in [-0.2, 0) is 9.53 Å². The van der Waals surface area contributed by atoms with E-state index < -0.39 is 12.1 Å². The molecule has 0 bridgehead atoms. The Morgan fingerprint density at radius 2 is 2.14 bits per heavy atom. The van der Waals surface area contributed by atoms with Crippen LogP contribution in [0.15, 0.2) is 42.6 Å².